The number of rotatable bonds is 6. The molecule has 1 N–H and O–H groups in total. The van der Waals surface area contributed by atoms with Crippen LogP contribution in [-0.4, -0.2) is 40.7 Å². The largest absolute Gasteiger partial charge is 0.324 e. The van der Waals surface area contributed by atoms with Gasteiger partial charge >= 0.3 is 0 Å². The van der Waals surface area contributed by atoms with Gasteiger partial charge in [-0.2, -0.15) is 11.8 Å². The highest BCUT2D eigenvalue weighted by Gasteiger charge is 2.53. The molecule has 0 unspecified atom stereocenters. The van der Waals surface area contributed by atoms with Crippen molar-refractivity contribution in [3.63, 3.8) is 0 Å². The molecule has 4 bridgehead atoms. The van der Waals surface area contributed by atoms with Gasteiger partial charge in [0.05, 0.1) is 11.8 Å². The second-order valence-electron chi connectivity index (χ2n) is 11.8. The lowest BCUT2D eigenvalue weighted by atomic mass is 9.48. The molecule has 0 radical (unpaired) electrons. The Kier molecular flexibility index (Phi) is 5.78. The molecule has 5 aliphatic carbocycles. The maximum absolute atomic E-state index is 13.3. The zero-order valence-electron chi connectivity index (χ0n) is 20.1. The average molecular weight is 481 g/mol. The molecule has 1 heterocycles. The van der Waals surface area contributed by atoms with Gasteiger partial charge in [-0.25, -0.2) is 0 Å². The number of likely N-dealkylation sites (tertiary alicyclic amines) is 1. The van der Waals surface area contributed by atoms with Crippen molar-refractivity contribution in [2.75, 3.05) is 17.3 Å². The second kappa shape index (κ2) is 8.69. The van der Waals surface area contributed by atoms with E-state index >= 15 is 0 Å². The van der Waals surface area contributed by atoms with Gasteiger partial charge in [-0.15, -0.1) is 0 Å². The molecule has 1 aromatic carbocycles. The molecule has 7 rings (SSSR count). The number of carbonyl (C=O) groups excluding carboxylic acids is 3. The summed E-state index contributed by atoms with van der Waals surface area (Å²) in [4.78, 5) is 40.8. The Labute approximate surface area is 206 Å². The van der Waals surface area contributed by atoms with Crippen molar-refractivity contribution in [2.24, 2.45) is 29.6 Å². The van der Waals surface area contributed by atoms with Gasteiger partial charge < -0.3 is 5.32 Å². The number of anilines is 1. The Morgan fingerprint density at radius 2 is 1.50 bits per heavy atom. The summed E-state index contributed by atoms with van der Waals surface area (Å²) in [5.41, 5.74) is 2.52. The summed E-state index contributed by atoms with van der Waals surface area (Å²) in [5.74, 6) is 2.15. The Bertz CT molecular complexity index is 931. The Morgan fingerprint density at radius 1 is 0.971 bits per heavy atom. The molecule has 3 amide bonds. The zero-order valence-corrected chi connectivity index (χ0v) is 20.9. The number of carbonyl (C=O) groups is 3. The lowest BCUT2D eigenvalue weighted by Gasteiger charge is -2.57. The van der Waals surface area contributed by atoms with Gasteiger partial charge in [-0.3, -0.25) is 19.3 Å². The number of amides is 3. The normalized spacial score (nSPS) is 37.1. The minimum absolute atomic E-state index is 0.138. The fraction of sp³-hybridized carbons (Fsp3) is 0.679. The third kappa shape index (κ3) is 3.71. The highest BCUT2D eigenvalue weighted by molar-refractivity contribution is 7.98. The highest BCUT2D eigenvalue weighted by atomic mass is 32.2. The smallest absolute Gasteiger partial charge is 0.248 e. The summed E-state index contributed by atoms with van der Waals surface area (Å²) in [6.45, 7) is 0. The molecule has 1 aromatic rings. The molecule has 6 heteroatoms. The predicted octanol–water partition coefficient (Wildman–Crippen LogP) is 5.00. The summed E-state index contributed by atoms with van der Waals surface area (Å²) in [6, 6.07) is 7.73. The maximum Gasteiger partial charge on any atom is 0.248 e. The van der Waals surface area contributed by atoms with Gasteiger partial charge in [0.15, 0.2) is 0 Å². The van der Waals surface area contributed by atoms with Crippen LogP contribution in [0.3, 0.4) is 0 Å². The van der Waals surface area contributed by atoms with Crippen molar-refractivity contribution < 1.29 is 14.4 Å². The number of thioether (sulfide) groups is 1. The van der Waals surface area contributed by atoms with E-state index in [1.807, 2.05) is 18.4 Å². The number of imide groups is 1. The van der Waals surface area contributed by atoms with Crippen molar-refractivity contribution in [1.29, 1.82) is 0 Å². The van der Waals surface area contributed by atoms with Gasteiger partial charge in [0.1, 0.15) is 6.04 Å². The van der Waals surface area contributed by atoms with Crippen LogP contribution in [0.2, 0.25) is 0 Å². The fourth-order valence-corrected chi connectivity index (χ4v) is 9.13. The quantitative estimate of drug-likeness (QED) is 0.582. The van der Waals surface area contributed by atoms with Crippen molar-refractivity contribution >= 4 is 35.2 Å². The van der Waals surface area contributed by atoms with Crippen molar-refractivity contribution in [1.82, 2.24) is 4.90 Å². The minimum atomic E-state index is -0.747. The number of hydrogen-bond donors (Lipinski definition) is 1. The summed E-state index contributed by atoms with van der Waals surface area (Å²) in [6.07, 6.45) is 13.7. The monoisotopic (exact) mass is 480 g/mol. The van der Waals surface area contributed by atoms with Crippen LogP contribution in [-0.2, 0) is 19.8 Å². The van der Waals surface area contributed by atoms with Gasteiger partial charge in [-0.05, 0) is 98.5 Å². The van der Waals surface area contributed by atoms with E-state index < -0.39 is 6.04 Å². The number of benzene rings is 1. The van der Waals surface area contributed by atoms with Gasteiger partial charge in [0, 0.05) is 11.4 Å². The first-order chi connectivity index (χ1) is 16.5. The average Bonchev–Trinajstić information content (AvgIpc) is 3.07. The van der Waals surface area contributed by atoms with Crippen LogP contribution in [0.25, 0.3) is 0 Å². The standard InChI is InChI=1S/C28H36N2O3S/c1-34-16-24(30-26(32)22-4-2-3-5-23(22)27(30)33)25(31)29-21-8-6-20(7-9-21)28-13-17-10-18(14-28)12-19(11-17)15-28/h6-9,17-19,22-24H,2-5,10-16H2,1H3,(H,29,31)/t17?,18?,19?,22-,23+,24-,28?/m0/s1. The maximum atomic E-state index is 13.3. The molecular weight excluding hydrogens is 444 g/mol. The van der Waals surface area contributed by atoms with Crippen LogP contribution in [0.4, 0.5) is 5.69 Å². The molecule has 6 fully saturated rings. The SMILES string of the molecule is CSC[C@@H](C(=O)Nc1ccc(C23CC4CC(CC(C4)C2)C3)cc1)N1C(=O)[C@H]2CCCC[C@H]2C1=O. The van der Waals surface area contributed by atoms with E-state index in [1.54, 1.807) is 0 Å². The number of nitrogens with zero attached hydrogens (tertiary/aromatic N) is 1. The van der Waals surface area contributed by atoms with Crippen LogP contribution in [0, 0.1) is 29.6 Å². The van der Waals surface area contributed by atoms with E-state index in [2.05, 4.69) is 17.4 Å². The lowest BCUT2D eigenvalue weighted by molar-refractivity contribution is -0.145. The Balaban J connectivity index is 1.18. The van der Waals surface area contributed by atoms with Crippen LogP contribution in [0.15, 0.2) is 24.3 Å². The second-order valence-corrected chi connectivity index (χ2v) is 12.7. The first-order valence-corrected chi connectivity index (χ1v) is 14.6. The summed E-state index contributed by atoms with van der Waals surface area (Å²) in [5, 5.41) is 3.03. The van der Waals surface area contributed by atoms with Crippen LogP contribution in [0.5, 0.6) is 0 Å². The van der Waals surface area contributed by atoms with E-state index in [0.717, 1.165) is 49.1 Å². The highest BCUT2D eigenvalue weighted by Crippen LogP contribution is 2.60. The predicted molar refractivity (Wildman–Crippen MR) is 134 cm³/mol. The van der Waals surface area contributed by atoms with E-state index in [-0.39, 0.29) is 29.6 Å². The number of nitrogens with one attached hydrogen (secondary N) is 1. The van der Waals surface area contributed by atoms with E-state index in [9.17, 15) is 14.4 Å². The molecule has 1 aliphatic heterocycles. The molecule has 5 nitrogen and oxygen atoms in total. The zero-order chi connectivity index (χ0) is 23.4. The van der Waals surface area contributed by atoms with Crippen molar-refractivity contribution in [2.45, 2.75) is 75.7 Å². The number of hydrogen-bond acceptors (Lipinski definition) is 4. The molecule has 5 saturated carbocycles. The minimum Gasteiger partial charge on any atom is -0.324 e. The third-order valence-corrected chi connectivity index (χ3v) is 10.3. The summed E-state index contributed by atoms with van der Waals surface area (Å²) >= 11 is 1.50. The van der Waals surface area contributed by atoms with E-state index in [0.29, 0.717) is 11.2 Å². The van der Waals surface area contributed by atoms with Gasteiger partial charge in [0.25, 0.3) is 0 Å². The topological polar surface area (TPSA) is 66.5 Å². The van der Waals surface area contributed by atoms with Gasteiger partial charge in [-0.1, -0.05) is 25.0 Å². The van der Waals surface area contributed by atoms with Crippen molar-refractivity contribution in [3.8, 4) is 0 Å². The molecule has 0 aromatic heterocycles. The summed E-state index contributed by atoms with van der Waals surface area (Å²) < 4.78 is 0. The Morgan fingerprint density at radius 3 is 2.00 bits per heavy atom. The van der Waals surface area contributed by atoms with Crippen molar-refractivity contribution in [3.05, 3.63) is 29.8 Å². The molecule has 34 heavy (non-hydrogen) atoms. The number of fused-ring (bicyclic) bond motifs is 1. The van der Waals surface area contributed by atoms with Crippen LogP contribution < -0.4 is 5.32 Å². The molecule has 1 saturated heterocycles. The first kappa shape index (κ1) is 22.6. The molecule has 182 valence electrons. The summed E-state index contributed by atoms with van der Waals surface area (Å²) in [7, 11) is 0. The van der Waals surface area contributed by atoms with Crippen LogP contribution >= 0.6 is 11.8 Å². The van der Waals surface area contributed by atoms with E-state index in [1.165, 1.54) is 60.8 Å². The molecule has 6 aliphatic rings. The fourth-order valence-electron chi connectivity index (χ4n) is 8.52. The molecule has 0 spiro atoms. The van der Waals surface area contributed by atoms with E-state index in [4.69, 9.17) is 0 Å². The van der Waals surface area contributed by atoms with Crippen LogP contribution in [0.1, 0.15) is 69.8 Å². The molecule has 3 atom stereocenters. The first-order valence-electron chi connectivity index (χ1n) is 13.2. The third-order valence-electron chi connectivity index (χ3n) is 9.62. The molecular formula is C28H36N2O3S. The Hall–Kier alpha value is -1.82. The van der Waals surface area contributed by atoms with Gasteiger partial charge in [0.2, 0.25) is 17.7 Å². The lowest BCUT2D eigenvalue weighted by Crippen LogP contribution is -2.49.